The maximum atomic E-state index is 12.1. The van der Waals surface area contributed by atoms with Gasteiger partial charge in [0.05, 0.1) is 155 Å². The number of hydrogen-bond donors (Lipinski definition) is 0. The number of thiazole rings is 8. The van der Waals surface area contributed by atoms with E-state index in [-0.39, 0.29) is 69.2 Å². The molecule has 0 radical (unpaired) electrons. The predicted molar refractivity (Wildman–Crippen MR) is 581 cm³/mol. The molecule has 0 fully saturated rings. The van der Waals surface area contributed by atoms with E-state index in [0.717, 1.165) is 148 Å². The van der Waals surface area contributed by atoms with Gasteiger partial charge in [-0.1, -0.05) is 0 Å². The van der Waals surface area contributed by atoms with E-state index < -0.39 is 11.6 Å². The Hall–Kier alpha value is -12.5. The maximum absolute atomic E-state index is 12.1. The molecule has 0 amide bonds. The highest BCUT2D eigenvalue weighted by atomic mass is 32.2. The summed E-state index contributed by atoms with van der Waals surface area (Å²) in [5.41, 5.74) is 13.0. The lowest BCUT2D eigenvalue weighted by Crippen LogP contribution is -2.20. The molecule has 0 spiro atoms. The fourth-order valence-corrected chi connectivity index (χ4v) is 35.0. The first-order chi connectivity index (χ1) is 68.5. The van der Waals surface area contributed by atoms with Gasteiger partial charge >= 0.3 is 0 Å². The van der Waals surface area contributed by atoms with E-state index >= 15 is 0 Å². The number of ketones is 12. The summed E-state index contributed by atoms with van der Waals surface area (Å²) >= 11 is 27.5. The van der Waals surface area contributed by atoms with E-state index in [4.69, 9.17) is 23.7 Å². The zero-order valence-electron chi connectivity index (χ0n) is 78.4. The molecule has 0 saturated heterocycles. The lowest BCUT2D eigenvalue weighted by atomic mass is 9.95. The molecule has 24 nitrogen and oxygen atoms in total. The van der Waals surface area contributed by atoms with Crippen molar-refractivity contribution in [3.63, 3.8) is 0 Å². The number of aryl methyl sites for hydroxylation is 18. The van der Waals surface area contributed by atoms with Gasteiger partial charge in [-0.3, -0.25) is 57.5 Å². The van der Waals surface area contributed by atoms with Gasteiger partial charge < -0.3 is 0 Å². The third-order valence-electron chi connectivity index (χ3n) is 22.5. The van der Waals surface area contributed by atoms with Crippen molar-refractivity contribution in [3.05, 3.63) is 314 Å². The number of thiophene rings is 10. The average Bonchev–Trinajstić information content (AvgIpc) is 1.57. The fraction of sp³-hybridized carbons (Fsp3) is 0.176. The SMILES string of the molecule is Cc1cc2c(s1)-c1sc(C)cc1C(=O)C2=O.Cc1cc2c(s1)-c1sc(C)cc1C2=O.Cc1cc2c(s1)C(=O)c1cc(C)sc1C2=O.Cc1cc2c(s1)C(=O)c1sc(C)cc1C2=O.Cc1nc2c(s1)-c1sc(C)nc1C(=O)C2=O.Cc1nc2c(s1)-c1sc(C)nc1C2=O.Cc1nc2c(s1)C(=O)c1nc(C)sc1C2=O.[C-]#[N+]C(C#N)=C1c2cc(C)sc2-c2sc(C)cc21.[C-]#[N+]C(C#N)=C1c2nc(C)sc2-c2sc(C)nc21. The number of nitrogens with zero attached hydrogens (tertiary/aromatic N) is 12. The molecule has 0 bridgehead atoms. The summed E-state index contributed by atoms with van der Waals surface area (Å²) < 4.78 is 0. The topological polar surface area (TPSA) is 364 Å². The highest BCUT2D eigenvalue weighted by Gasteiger charge is 2.43. The Labute approximate surface area is 892 Å². The Morgan fingerprint density at radius 3 is 0.632 bits per heavy atom. The third kappa shape index (κ3) is 17.7. The van der Waals surface area contributed by atoms with Crippen LogP contribution in [-0.2, 0) is 0 Å². The van der Waals surface area contributed by atoms with Gasteiger partial charge in [-0.25, -0.2) is 60.1 Å². The second-order valence-electron chi connectivity index (χ2n) is 33.1. The Kier molecular flexibility index (Phi) is 27.0. The number of fused-ring (bicyclic) bond motifs is 24. The van der Waals surface area contributed by atoms with Crippen molar-refractivity contribution in [2.24, 2.45) is 0 Å². The number of nitriles is 2. The van der Waals surface area contributed by atoms with Crippen LogP contribution in [-0.4, -0.2) is 109 Å². The average molecular weight is 2230 g/mol. The largest absolute Gasteiger partial charge is 0.288 e. The van der Waals surface area contributed by atoms with Crippen LogP contribution >= 0.6 is 204 Å². The molecule has 712 valence electrons. The fourth-order valence-electron chi connectivity index (χ4n) is 16.9. The molecule has 18 aromatic heterocycles. The lowest BCUT2D eigenvalue weighted by Gasteiger charge is -2.08. The lowest BCUT2D eigenvalue weighted by molar-refractivity contribution is 0.0810. The van der Waals surface area contributed by atoms with E-state index in [1.165, 1.54) is 130 Å². The van der Waals surface area contributed by atoms with E-state index in [9.17, 15) is 57.5 Å². The summed E-state index contributed by atoms with van der Waals surface area (Å²) in [7, 11) is 0. The van der Waals surface area contributed by atoms with Crippen molar-refractivity contribution in [2.75, 3.05) is 0 Å². The number of rotatable bonds is 0. The molecule has 18 heterocycles. The number of allylic oxidation sites excluding steroid dienone is 2. The summed E-state index contributed by atoms with van der Waals surface area (Å²) in [6.07, 6.45) is 0. The summed E-state index contributed by atoms with van der Waals surface area (Å²) in [5.74, 6) is -1.88. The van der Waals surface area contributed by atoms with Crippen LogP contribution in [0.3, 0.4) is 0 Å². The summed E-state index contributed by atoms with van der Waals surface area (Å²) in [6, 6.07) is 23.1. The number of carbonyl (C=O) groups is 12. The van der Waals surface area contributed by atoms with Crippen molar-refractivity contribution in [2.45, 2.75) is 125 Å². The minimum Gasteiger partial charge on any atom is -0.288 e. The number of aromatic nitrogens is 8. The highest BCUT2D eigenvalue weighted by molar-refractivity contribution is 7.27. The molecule has 0 unspecified atom stereocenters. The molecule has 9 aliphatic carbocycles. The quantitative estimate of drug-likeness (QED) is 0.0773. The molecule has 0 aliphatic heterocycles. The molecule has 144 heavy (non-hydrogen) atoms. The molecule has 27 rings (SSSR count). The monoisotopic (exact) mass is 2220 g/mol. The minimum atomic E-state index is -0.530. The van der Waals surface area contributed by atoms with Gasteiger partial charge in [-0.2, -0.15) is 0 Å². The summed E-state index contributed by atoms with van der Waals surface area (Å²) in [5, 5.41) is 25.1. The first-order valence-corrected chi connectivity index (χ1v) is 57.7. The molecule has 9 aliphatic rings. The standard InChI is InChI=1S/C14H8N2S2.C12H6N4S2.3C12H8O2S2.C11H8OS2.2C10H6N2O2S2.C9H6N2OS2/c1-7-4-9-12(11(6-15)16-3)10-5-8(2)18-14(10)13(9)17-7;1-5-15-9-8(7(4-13)14-3)10-12(11(9)17-5)18-6(2)16-10;1-5-3-7-9(13)12-8(4-6(2)16-12)10(14)11(7)15-5;1-5-3-7-9(13)10(14)8-4-6(2)16-12(8)11(7)15-5;1-5-3-7-9(13)8-4-6(2)16-12(8)10(14)11(7)15-5;1-5-3-7-9(12)8-4-6(2)14-11(8)10(7)13-5;1-3-11-5-7(13)10-6(12-4(2)16-10)8(14)9(5)15-3;1-3-11-5-7(13)8(14)6-10(9(5)15-3)16-4(2)12-6;1-3-10-5-7(12)6-9(8(5)13-3)14-4(2)11-6/h4-5H,1-2H3;1-2H3;3*3-4H,1-2H3;3-4H,1-2H3;2*1-2H3;1-2H3. The molecule has 0 aromatic carbocycles. The Bertz CT molecular complexity index is 7850. The normalized spacial score (nSPS) is 13.2. The summed E-state index contributed by atoms with van der Waals surface area (Å²) in [6.45, 7) is 49.0. The van der Waals surface area contributed by atoms with Gasteiger partial charge in [0.25, 0.3) is 23.0 Å². The molecule has 0 N–H and O–H groups in total. The smallest absolute Gasteiger partial charge is 0.273 e. The van der Waals surface area contributed by atoms with Gasteiger partial charge in [0.1, 0.15) is 43.9 Å². The third-order valence-corrected chi connectivity index (χ3v) is 41.7. The maximum Gasteiger partial charge on any atom is 0.273 e. The molecule has 18 aromatic rings. The van der Waals surface area contributed by atoms with Crippen LogP contribution in [0.15, 0.2) is 72.1 Å². The Balaban J connectivity index is 0.000000103. The zero-order chi connectivity index (χ0) is 103. The Morgan fingerprint density at radius 2 is 0.375 bits per heavy atom. The number of carbonyl (C=O) groups excluding carboxylic acids is 12. The van der Waals surface area contributed by atoms with Gasteiger partial charge in [0.15, 0.2) is 11.6 Å². The molecular weight excluding hydrogens is 2160 g/mol. The number of hydrogen-bond acceptors (Lipinski definition) is 40. The number of Topliss-reactive ketones (excluding diaryl/α,β-unsaturated/α-hetero) is 4. The molecular formula is C102H64N12O12S18. The van der Waals surface area contributed by atoms with Crippen LogP contribution in [0.4, 0.5) is 0 Å². The van der Waals surface area contributed by atoms with Crippen molar-refractivity contribution < 1.29 is 57.5 Å². The molecule has 0 saturated carbocycles. The van der Waals surface area contributed by atoms with Crippen molar-refractivity contribution in [1.29, 1.82) is 10.5 Å². The molecule has 42 heteroatoms. The van der Waals surface area contributed by atoms with Crippen LogP contribution in [0, 0.1) is 160 Å². The van der Waals surface area contributed by atoms with Crippen LogP contribution in [0.5, 0.6) is 0 Å². The first kappa shape index (κ1) is 100. The van der Waals surface area contributed by atoms with Crippen LogP contribution < -0.4 is 0 Å². The van der Waals surface area contributed by atoms with Crippen LogP contribution in [0.2, 0.25) is 0 Å². The van der Waals surface area contributed by atoms with Gasteiger partial charge in [0, 0.05) is 104 Å². The summed E-state index contributed by atoms with van der Waals surface area (Å²) in [4.78, 5) is 211. The minimum absolute atomic E-state index is 0.00157. The highest BCUT2D eigenvalue weighted by Crippen LogP contribution is 2.56. The van der Waals surface area contributed by atoms with Gasteiger partial charge in [-0.15, -0.1) is 204 Å². The predicted octanol–water partition coefficient (Wildman–Crippen LogP) is 28.2. The first-order valence-electron chi connectivity index (χ1n) is 43.0. The van der Waals surface area contributed by atoms with Crippen LogP contribution in [0.25, 0.3) is 79.4 Å². The zero-order valence-corrected chi connectivity index (χ0v) is 93.1. The van der Waals surface area contributed by atoms with E-state index in [0.29, 0.717) is 102 Å². The van der Waals surface area contributed by atoms with E-state index in [1.54, 1.807) is 127 Å². The van der Waals surface area contributed by atoms with Crippen molar-refractivity contribution in [1.82, 2.24) is 39.9 Å². The van der Waals surface area contributed by atoms with Crippen molar-refractivity contribution >= 4 is 285 Å². The molecule has 0 atom stereocenters. The second-order valence-corrected chi connectivity index (χ2v) is 55.3. The van der Waals surface area contributed by atoms with Crippen LogP contribution in [0.1, 0.15) is 277 Å². The van der Waals surface area contributed by atoms with Crippen molar-refractivity contribution in [3.8, 4) is 70.7 Å². The second kappa shape index (κ2) is 38.8. The Morgan fingerprint density at radius 1 is 0.194 bits per heavy atom. The van der Waals surface area contributed by atoms with E-state index in [2.05, 4.69) is 89.4 Å². The van der Waals surface area contributed by atoms with Gasteiger partial charge in [0.2, 0.25) is 46.3 Å². The van der Waals surface area contributed by atoms with E-state index in [1.807, 2.05) is 144 Å². The van der Waals surface area contributed by atoms with Gasteiger partial charge in [-0.05, 0) is 196 Å².